The molecule has 0 saturated carbocycles. The molecule has 1 aromatic carbocycles. The molecule has 5 nitrogen and oxygen atoms in total. The lowest BCUT2D eigenvalue weighted by molar-refractivity contribution is 0.102. The Morgan fingerprint density at radius 2 is 2.37 bits per heavy atom. The smallest absolute Gasteiger partial charge is 0.255 e. The fraction of sp³-hybridized carbons (Fsp3) is 0.231. The predicted octanol–water partition coefficient (Wildman–Crippen LogP) is 2.07. The summed E-state index contributed by atoms with van der Waals surface area (Å²) in [7, 11) is 1.64. The number of thiol groups is 1. The standard InChI is InChI=1S/C13H15N3O2S/c1-18-6-5-16-9-11(8-14-16)15-13(17)10-3-2-4-12(19)7-10/h2-4,7-9,19H,5-6H2,1H3,(H,15,17). The van der Waals surface area contributed by atoms with E-state index in [0.717, 1.165) is 4.90 Å². The number of carbonyl (C=O) groups is 1. The first-order valence-electron chi connectivity index (χ1n) is 5.81. The van der Waals surface area contributed by atoms with Crippen LogP contribution in [-0.4, -0.2) is 29.4 Å². The number of carbonyl (C=O) groups excluding carboxylic acids is 1. The van der Waals surface area contributed by atoms with Gasteiger partial charge in [-0.15, -0.1) is 12.6 Å². The van der Waals surface area contributed by atoms with Crippen molar-refractivity contribution in [2.45, 2.75) is 11.4 Å². The van der Waals surface area contributed by atoms with Crippen LogP contribution in [-0.2, 0) is 11.3 Å². The number of nitrogens with zero attached hydrogens (tertiary/aromatic N) is 2. The molecular formula is C13H15N3O2S. The molecule has 0 unspecified atom stereocenters. The number of nitrogens with one attached hydrogen (secondary N) is 1. The highest BCUT2D eigenvalue weighted by molar-refractivity contribution is 7.80. The van der Waals surface area contributed by atoms with Crippen LogP contribution in [0.25, 0.3) is 0 Å². The maximum absolute atomic E-state index is 12.0. The molecule has 0 fully saturated rings. The topological polar surface area (TPSA) is 56.1 Å². The summed E-state index contributed by atoms with van der Waals surface area (Å²) in [5.74, 6) is -0.179. The zero-order valence-corrected chi connectivity index (χ0v) is 11.4. The van der Waals surface area contributed by atoms with Gasteiger partial charge in [0.05, 0.1) is 25.0 Å². The van der Waals surface area contributed by atoms with Crippen molar-refractivity contribution in [2.75, 3.05) is 19.0 Å². The van der Waals surface area contributed by atoms with Crippen molar-refractivity contribution in [2.24, 2.45) is 0 Å². The third kappa shape index (κ3) is 3.84. The first-order chi connectivity index (χ1) is 9.19. The van der Waals surface area contributed by atoms with Crippen LogP contribution in [0, 0.1) is 0 Å². The van der Waals surface area contributed by atoms with E-state index in [2.05, 4.69) is 23.0 Å². The van der Waals surface area contributed by atoms with Crippen LogP contribution in [0.3, 0.4) is 0 Å². The Hall–Kier alpha value is -1.79. The highest BCUT2D eigenvalue weighted by Gasteiger charge is 2.07. The van der Waals surface area contributed by atoms with E-state index >= 15 is 0 Å². The molecule has 1 N–H and O–H groups in total. The van der Waals surface area contributed by atoms with Crippen molar-refractivity contribution in [3.63, 3.8) is 0 Å². The van der Waals surface area contributed by atoms with E-state index in [9.17, 15) is 4.79 Å². The molecule has 0 aliphatic carbocycles. The van der Waals surface area contributed by atoms with Gasteiger partial charge >= 0.3 is 0 Å². The van der Waals surface area contributed by atoms with Gasteiger partial charge in [-0.2, -0.15) is 5.10 Å². The Kier molecular flexibility index (Phi) is 4.59. The molecule has 0 atom stereocenters. The van der Waals surface area contributed by atoms with Gasteiger partial charge in [0.1, 0.15) is 0 Å². The summed E-state index contributed by atoms with van der Waals surface area (Å²) in [5, 5.41) is 6.91. The molecule has 0 aliphatic heterocycles. The van der Waals surface area contributed by atoms with E-state index in [1.54, 1.807) is 42.4 Å². The Bertz CT molecular complexity index is 569. The van der Waals surface area contributed by atoms with Crippen molar-refractivity contribution >= 4 is 24.2 Å². The van der Waals surface area contributed by atoms with E-state index in [-0.39, 0.29) is 5.91 Å². The predicted molar refractivity (Wildman–Crippen MR) is 75.8 cm³/mol. The van der Waals surface area contributed by atoms with E-state index in [1.165, 1.54) is 0 Å². The highest BCUT2D eigenvalue weighted by Crippen LogP contribution is 2.12. The molecule has 1 heterocycles. The quantitative estimate of drug-likeness (QED) is 0.823. The molecule has 2 rings (SSSR count). The zero-order chi connectivity index (χ0) is 13.7. The highest BCUT2D eigenvalue weighted by atomic mass is 32.1. The molecule has 0 aliphatic rings. The minimum absolute atomic E-state index is 0.179. The van der Waals surface area contributed by atoms with Crippen LogP contribution in [0.5, 0.6) is 0 Å². The van der Waals surface area contributed by atoms with Crippen molar-refractivity contribution in [3.05, 3.63) is 42.2 Å². The van der Waals surface area contributed by atoms with E-state index < -0.39 is 0 Å². The van der Waals surface area contributed by atoms with Crippen LogP contribution in [0.2, 0.25) is 0 Å². The van der Waals surface area contributed by atoms with E-state index in [4.69, 9.17) is 4.74 Å². The molecule has 2 aromatic rings. The van der Waals surface area contributed by atoms with Crippen LogP contribution in [0.1, 0.15) is 10.4 Å². The number of aromatic nitrogens is 2. The number of anilines is 1. The van der Waals surface area contributed by atoms with Gasteiger partial charge in [-0.25, -0.2) is 0 Å². The van der Waals surface area contributed by atoms with Gasteiger partial charge in [0, 0.05) is 23.8 Å². The molecule has 0 spiro atoms. The number of hydrogen-bond donors (Lipinski definition) is 2. The summed E-state index contributed by atoms with van der Waals surface area (Å²) >= 11 is 4.21. The molecular weight excluding hydrogens is 262 g/mol. The average Bonchev–Trinajstić information content (AvgIpc) is 2.84. The summed E-state index contributed by atoms with van der Waals surface area (Å²) < 4.78 is 6.68. The summed E-state index contributed by atoms with van der Waals surface area (Å²) in [4.78, 5) is 12.7. The van der Waals surface area contributed by atoms with Gasteiger partial charge in [0.15, 0.2) is 0 Å². The summed E-state index contributed by atoms with van der Waals surface area (Å²) in [6.45, 7) is 1.23. The Balaban J connectivity index is 2.00. The van der Waals surface area contributed by atoms with E-state index in [0.29, 0.717) is 24.4 Å². The SMILES string of the molecule is COCCn1cc(NC(=O)c2cccc(S)c2)cn1. The largest absolute Gasteiger partial charge is 0.383 e. The molecule has 100 valence electrons. The summed E-state index contributed by atoms with van der Waals surface area (Å²) in [6, 6.07) is 7.07. The number of ether oxygens (including phenoxy) is 1. The second-order valence-electron chi connectivity index (χ2n) is 3.99. The summed E-state index contributed by atoms with van der Waals surface area (Å²) in [5.41, 5.74) is 1.22. The van der Waals surface area contributed by atoms with Gasteiger partial charge in [-0.3, -0.25) is 9.48 Å². The molecule has 0 saturated heterocycles. The maximum atomic E-state index is 12.0. The molecule has 19 heavy (non-hydrogen) atoms. The third-order valence-electron chi connectivity index (χ3n) is 2.52. The molecule has 6 heteroatoms. The Morgan fingerprint density at radius 3 is 3.11 bits per heavy atom. The fourth-order valence-electron chi connectivity index (χ4n) is 1.59. The number of hydrogen-bond acceptors (Lipinski definition) is 4. The second-order valence-corrected chi connectivity index (χ2v) is 4.51. The molecule has 1 amide bonds. The van der Waals surface area contributed by atoms with Crippen molar-refractivity contribution in [1.82, 2.24) is 9.78 Å². The first kappa shape index (κ1) is 13.6. The number of methoxy groups -OCH3 is 1. The maximum Gasteiger partial charge on any atom is 0.255 e. The lowest BCUT2D eigenvalue weighted by Crippen LogP contribution is -2.11. The number of amides is 1. The van der Waals surface area contributed by atoms with Crippen LogP contribution >= 0.6 is 12.6 Å². The van der Waals surface area contributed by atoms with Gasteiger partial charge in [-0.05, 0) is 18.2 Å². The van der Waals surface area contributed by atoms with Crippen LogP contribution in [0.15, 0.2) is 41.6 Å². The molecule has 0 bridgehead atoms. The monoisotopic (exact) mass is 277 g/mol. The van der Waals surface area contributed by atoms with E-state index in [1.807, 2.05) is 6.07 Å². The second kappa shape index (κ2) is 6.40. The summed E-state index contributed by atoms with van der Waals surface area (Å²) in [6.07, 6.45) is 3.37. The third-order valence-corrected chi connectivity index (χ3v) is 2.80. The normalized spacial score (nSPS) is 10.4. The lowest BCUT2D eigenvalue weighted by atomic mass is 10.2. The fourth-order valence-corrected chi connectivity index (χ4v) is 1.81. The van der Waals surface area contributed by atoms with Gasteiger partial charge in [0.25, 0.3) is 5.91 Å². The number of benzene rings is 1. The minimum atomic E-state index is -0.179. The van der Waals surface area contributed by atoms with Crippen LogP contribution in [0.4, 0.5) is 5.69 Å². The van der Waals surface area contributed by atoms with Gasteiger partial charge < -0.3 is 10.1 Å². The zero-order valence-electron chi connectivity index (χ0n) is 10.5. The Labute approximate surface area is 117 Å². The lowest BCUT2D eigenvalue weighted by Gasteiger charge is -2.03. The molecule has 1 aromatic heterocycles. The number of rotatable bonds is 5. The molecule has 0 radical (unpaired) electrons. The van der Waals surface area contributed by atoms with Crippen molar-refractivity contribution in [1.29, 1.82) is 0 Å². The Morgan fingerprint density at radius 1 is 1.53 bits per heavy atom. The average molecular weight is 277 g/mol. The van der Waals surface area contributed by atoms with Gasteiger partial charge in [0.2, 0.25) is 0 Å². The first-order valence-corrected chi connectivity index (χ1v) is 6.25. The van der Waals surface area contributed by atoms with Crippen LogP contribution < -0.4 is 5.32 Å². The van der Waals surface area contributed by atoms with Gasteiger partial charge in [-0.1, -0.05) is 6.07 Å². The minimum Gasteiger partial charge on any atom is -0.383 e. The van der Waals surface area contributed by atoms with Crippen molar-refractivity contribution in [3.8, 4) is 0 Å². The van der Waals surface area contributed by atoms with Crippen molar-refractivity contribution < 1.29 is 9.53 Å².